The molecule has 0 bridgehead atoms. The summed E-state index contributed by atoms with van der Waals surface area (Å²) in [7, 11) is 1.61. The van der Waals surface area contributed by atoms with Crippen molar-refractivity contribution in [2.24, 2.45) is 0 Å². The van der Waals surface area contributed by atoms with Crippen molar-refractivity contribution in [3.63, 3.8) is 0 Å². The number of methoxy groups -OCH3 is 1. The third-order valence-corrected chi connectivity index (χ3v) is 7.26. The van der Waals surface area contributed by atoms with E-state index in [2.05, 4.69) is 56.1 Å². The van der Waals surface area contributed by atoms with E-state index in [0.717, 1.165) is 37.5 Å². The molecule has 2 heterocycles. The van der Waals surface area contributed by atoms with Gasteiger partial charge in [-0.15, -0.1) is 11.3 Å². The number of piperazine rings is 1. The number of benzene rings is 2. The van der Waals surface area contributed by atoms with Crippen LogP contribution in [0.3, 0.4) is 0 Å². The predicted octanol–water partition coefficient (Wildman–Crippen LogP) is 3.44. The van der Waals surface area contributed by atoms with Gasteiger partial charge < -0.3 is 20.3 Å². The lowest BCUT2D eigenvalue weighted by molar-refractivity contribution is -0.140. The maximum Gasteiger partial charge on any atom is 0.309 e. The Balaban J connectivity index is 1.35. The SMILES string of the molecule is COc1ccc(CNC(=O)C(=O)N[C@@H](C)[C@@H](c2cccs2)N2CCN(c3ccccc3)CC2)cc1. The van der Waals surface area contributed by atoms with Gasteiger partial charge >= 0.3 is 11.8 Å². The molecule has 8 heteroatoms. The molecule has 1 fully saturated rings. The number of hydrogen-bond donors (Lipinski definition) is 2. The number of rotatable bonds is 8. The van der Waals surface area contributed by atoms with Crippen LogP contribution in [0.25, 0.3) is 0 Å². The Morgan fingerprint density at radius 2 is 1.66 bits per heavy atom. The standard InChI is InChI=1S/C27H32N4O3S/c1-20(29-27(33)26(32)28-19-21-10-12-23(34-2)13-11-21)25(24-9-6-18-35-24)31-16-14-30(15-17-31)22-7-4-3-5-8-22/h3-13,18,20,25H,14-17,19H2,1-2H3,(H,28,32)(H,29,33)/t20-,25-/m0/s1. The Morgan fingerprint density at radius 3 is 2.29 bits per heavy atom. The maximum absolute atomic E-state index is 12.7. The zero-order valence-electron chi connectivity index (χ0n) is 20.1. The highest BCUT2D eigenvalue weighted by molar-refractivity contribution is 7.10. The van der Waals surface area contributed by atoms with Crippen LogP contribution in [-0.2, 0) is 16.1 Å². The quantitative estimate of drug-likeness (QED) is 0.472. The van der Waals surface area contributed by atoms with E-state index >= 15 is 0 Å². The van der Waals surface area contributed by atoms with Gasteiger partial charge in [-0.05, 0) is 48.2 Å². The largest absolute Gasteiger partial charge is 0.497 e. The van der Waals surface area contributed by atoms with Gasteiger partial charge in [0, 0.05) is 49.3 Å². The first-order chi connectivity index (χ1) is 17.0. The smallest absolute Gasteiger partial charge is 0.309 e. The fourth-order valence-electron chi connectivity index (χ4n) is 4.46. The lowest BCUT2D eigenvalue weighted by atomic mass is 10.0. The van der Waals surface area contributed by atoms with Crippen LogP contribution in [0, 0.1) is 0 Å². The van der Waals surface area contributed by atoms with E-state index in [4.69, 9.17) is 4.74 Å². The predicted molar refractivity (Wildman–Crippen MR) is 140 cm³/mol. The molecule has 0 radical (unpaired) electrons. The molecular formula is C27H32N4O3S. The summed E-state index contributed by atoms with van der Waals surface area (Å²) < 4.78 is 5.15. The second-order valence-corrected chi connectivity index (χ2v) is 9.59. The number of amides is 2. The summed E-state index contributed by atoms with van der Waals surface area (Å²) in [5, 5.41) is 7.71. The van der Waals surface area contributed by atoms with Crippen molar-refractivity contribution in [1.82, 2.24) is 15.5 Å². The Hall–Kier alpha value is -3.36. The molecule has 2 amide bonds. The zero-order valence-corrected chi connectivity index (χ0v) is 21.0. The van der Waals surface area contributed by atoms with Gasteiger partial charge in [0.2, 0.25) is 0 Å². The van der Waals surface area contributed by atoms with E-state index in [0.29, 0.717) is 0 Å². The molecule has 0 unspecified atom stereocenters. The summed E-state index contributed by atoms with van der Waals surface area (Å²) in [6, 6.07) is 21.7. The third kappa shape index (κ3) is 6.41. The van der Waals surface area contributed by atoms with Crippen LogP contribution in [0.2, 0.25) is 0 Å². The number of hydrogen-bond acceptors (Lipinski definition) is 6. The normalized spacial score (nSPS) is 15.8. The molecule has 4 rings (SSSR count). The lowest BCUT2D eigenvalue weighted by Crippen LogP contribution is -2.53. The maximum atomic E-state index is 12.7. The fourth-order valence-corrected chi connectivity index (χ4v) is 5.42. The van der Waals surface area contributed by atoms with Crippen LogP contribution in [-0.4, -0.2) is 56.0 Å². The van der Waals surface area contributed by atoms with Gasteiger partial charge in [-0.3, -0.25) is 14.5 Å². The van der Waals surface area contributed by atoms with E-state index in [-0.39, 0.29) is 18.6 Å². The Kier molecular flexibility index (Phi) is 8.39. The molecular weight excluding hydrogens is 460 g/mol. The number of thiophene rings is 1. The number of anilines is 1. The third-order valence-electron chi connectivity index (χ3n) is 6.31. The summed E-state index contributed by atoms with van der Waals surface area (Å²) in [4.78, 5) is 31.2. The molecule has 0 saturated carbocycles. The molecule has 2 atom stereocenters. The number of nitrogens with zero attached hydrogens (tertiary/aromatic N) is 2. The van der Waals surface area contributed by atoms with Crippen LogP contribution in [0.15, 0.2) is 72.1 Å². The van der Waals surface area contributed by atoms with E-state index in [1.54, 1.807) is 18.4 Å². The van der Waals surface area contributed by atoms with Gasteiger partial charge in [0.05, 0.1) is 13.2 Å². The molecule has 1 aliphatic rings. The molecule has 1 aromatic heterocycles. The molecule has 1 aliphatic heterocycles. The summed E-state index contributed by atoms with van der Waals surface area (Å²) in [6.45, 7) is 5.83. The lowest BCUT2D eigenvalue weighted by Gasteiger charge is -2.42. The van der Waals surface area contributed by atoms with Gasteiger partial charge in [0.25, 0.3) is 0 Å². The number of para-hydroxylation sites is 1. The minimum absolute atomic E-state index is 0.00580. The Morgan fingerprint density at radius 1 is 0.943 bits per heavy atom. The minimum Gasteiger partial charge on any atom is -0.497 e. The van der Waals surface area contributed by atoms with E-state index in [9.17, 15) is 9.59 Å². The van der Waals surface area contributed by atoms with E-state index < -0.39 is 11.8 Å². The molecule has 0 aliphatic carbocycles. The van der Waals surface area contributed by atoms with Crippen LogP contribution < -0.4 is 20.3 Å². The first-order valence-corrected chi connectivity index (χ1v) is 12.7. The highest BCUT2D eigenvalue weighted by Gasteiger charge is 2.31. The average molecular weight is 493 g/mol. The molecule has 7 nitrogen and oxygen atoms in total. The number of nitrogens with one attached hydrogen (secondary N) is 2. The summed E-state index contributed by atoms with van der Waals surface area (Å²) in [5.74, 6) is -0.502. The van der Waals surface area contributed by atoms with Gasteiger partial charge in [-0.25, -0.2) is 0 Å². The van der Waals surface area contributed by atoms with Crippen molar-refractivity contribution in [3.05, 3.63) is 82.6 Å². The van der Waals surface area contributed by atoms with Gasteiger partial charge in [-0.1, -0.05) is 36.4 Å². The monoisotopic (exact) mass is 492 g/mol. The molecule has 0 spiro atoms. The van der Waals surface area contributed by atoms with E-state index in [1.807, 2.05) is 43.3 Å². The van der Waals surface area contributed by atoms with Crippen molar-refractivity contribution in [2.75, 3.05) is 38.2 Å². The molecule has 1 saturated heterocycles. The number of carbonyl (C=O) groups excluding carboxylic acids is 2. The topological polar surface area (TPSA) is 73.9 Å². The molecule has 3 aromatic rings. The fraction of sp³-hybridized carbons (Fsp3) is 0.333. The molecule has 184 valence electrons. The van der Waals surface area contributed by atoms with Crippen molar-refractivity contribution in [1.29, 1.82) is 0 Å². The second kappa shape index (κ2) is 11.9. The summed E-state index contributed by atoms with van der Waals surface area (Å²) in [5.41, 5.74) is 2.13. The molecule has 2 aromatic carbocycles. The van der Waals surface area contributed by atoms with Crippen LogP contribution >= 0.6 is 11.3 Å². The van der Waals surface area contributed by atoms with Crippen molar-refractivity contribution < 1.29 is 14.3 Å². The highest BCUT2D eigenvalue weighted by atomic mass is 32.1. The van der Waals surface area contributed by atoms with Gasteiger partial charge in [-0.2, -0.15) is 0 Å². The summed E-state index contributed by atoms with van der Waals surface area (Å²) >= 11 is 1.68. The first-order valence-electron chi connectivity index (χ1n) is 11.8. The highest BCUT2D eigenvalue weighted by Crippen LogP contribution is 2.30. The van der Waals surface area contributed by atoms with Crippen molar-refractivity contribution in [2.45, 2.75) is 25.6 Å². The molecule has 35 heavy (non-hydrogen) atoms. The zero-order chi connectivity index (χ0) is 24.6. The van der Waals surface area contributed by atoms with Crippen molar-refractivity contribution in [3.8, 4) is 5.75 Å². The van der Waals surface area contributed by atoms with Crippen LogP contribution in [0.1, 0.15) is 23.4 Å². The average Bonchev–Trinajstić information content (AvgIpc) is 3.43. The first kappa shape index (κ1) is 24.8. The minimum atomic E-state index is -0.633. The second-order valence-electron chi connectivity index (χ2n) is 8.61. The summed E-state index contributed by atoms with van der Waals surface area (Å²) in [6.07, 6.45) is 0. The van der Waals surface area contributed by atoms with Crippen molar-refractivity contribution >= 4 is 28.8 Å². The number of carbonyl (C=O) groups is 2. The van der Waals surface area contributed by atoms with Gasteiger partial charge in [0.1, 0.15) is 5.75 Å². The molecule has 2 N–H and O–H groups in total. The van der Waals surface area contributed by atoms with E-state index in [1.165, 1.54) is 10.6 Å². The van der Waals surface area contributed by atoms with Crippen LogP contribution in [0.5, 0.6) is 5.75 Å². The van der Waals surface area contributed by atoms with Crippen LogP contribution in [0.4, 0.5) is 5.69 Å². The Bertz CT molecular complexity index is 1080. The number of ether oxygens (including phenoxy) is 1. The Labute approximate surface area is 210 Å². The van der Waals surface area contributed by atoms with Gasteiger partial charge in [0.15, 0.2) is 0 Å².